The van der Waals surface area contributed by atoms with Crippen molar-refractivity contribution in [3.63, 3.8) is 0 Å². The molecule has 0 heterocycles. The van der Waals surface area contributed by atoms with Crippen LogP contribution in [0.25, 0.3) is 0 Å². The fourth-order valence-electron chi connectivity index (χ4n) is 1.14. The molecule has 0 saturated heterocycles. The van der Waals surface area contributed by atoms with Crippen LogP contribution in [0, 0.1) is 11.6 Å². The lowest BCUT2D eigenvalue weighted by Crippen LogP contribution is -2.17. The van der Waals surface area contributed by atoms with Gasteiger partial charge in [0.05, 0.1) is 5.56 Å². The Hall–Kier alpha value is -0.820. The van der Waals surface area contributed by atoms with Crippen LogP contribution in [0.2, 0.25) is 0 Å². The average Bonchev–Trinajstić information content (AvgIpc) is 2.19. The van der Waals surface area contributed by atoms with E-state index >= 15 is 0 Å². The molecule has 0 spiro atoms. The van der Waals surface area contributed by atoms with Crippen LogP contribution in [-0.4, -0.2) is 5.75 Å². The Morgan fingerprint density at radius 2 is 1.81 bits per heavy atom. The molecule has 1 unspecified atom stereocenters. The summed E-state index contributed by atoms with van der Waals surface area (Å²) in [6, 6.07) is -0.483. The lowest BCUT2D eigenvalue weighted by Gasteiger charge is -2.14. The van der Waals surface area contributed by atoms with Gasteiger partial charge in [-0.3, -0.25) is 0 Å². The number of thiol groups is 1. The van der Waals surface area contributed by atoms with Crippen molar-refractivity contribution in [2.24, 2.45) is 5.73 Å². The van der Waals surface area contributed by atoms with Crippen LogP contribution < -0.4 is 5.73 Å². The maximum atomic E-state index is 13.2. The first-order chi connectivity index (χ1) is 7.27. The standard InChI is InChI=1S/C9H8F5NS/c10-6-2-4(9(12,13)14)1-5(8(6)11)7(15)3-16/h1-2,7,16H,3,15H2. The first kappa shape index (κ1) is 13.2. The Labute approximate surface area is 93.8 Å². The van der Waals surface area contributed by atoms with E-state index in [1.165, 1.54) is 0 Å². The average molecular weight is 257 g/mol. The molecule has 1 aromatic carbocycles. The molecular weight excluding hydrogens is 249 g/mol. The van der Waals surface area contributed by atoms with Crippen molar-refractivity contribution in [3.8, 4) is 0 Å². The quantitative estimate of drug-likeness (QED) is 0.618. The summed E-state index contributed by atoms with van der Waals surface area (Å²) in [7, 11) is 0. The molecule has 0 aliphatic rings. The third kappa shape index (κ3) is 2.65. The lowest BCUT2D eigenvalue weighted by molar-refractivity contribution is -0.137. The molecule has 90 valence electrons. The summed E-state index contributed by atoms with van der Waals surface area (Å²) in [5.41, 5.74) is 3.53. The van der Waals surface area contributed by atoms with Gasteiger partial charge in [-0.05, 0) is 12.1 Å². The van der Waals surface area contributed by atoms with Gasteiger partial charge in [0.1, 0.15) is 0 Å². The molecule has 0 aliphatic heterocycles. The lowest BCUT2D eigenvalue weighted by atomic mass is 10.0. The first-order valence-electron chi connectivity index (χ1n) is 4.20. The van der Waals surface area contributed by atoms with Crippen molar-refractivity contribution in [1.82, 2.24) is 0 Å². The SMILES string of the molecule is NC(CS)c1cc(C(F)(F)F)cc(F)c1F. The number of hydrogen-bond acceptors (Lipinski definition) is 2. The summed E-state index contributed by atoms with van der Waals surface area (Å²) in [5, 5.41) is 0. The third-order valence-corrected chi connectivity index (χ3v) is 2.37. The van der Waals surface area contributed by atoms with E-state index in [2.05, 4.69) is 12.6 Å². The number of nitrogens with two attached hydrogens (primary N) is 1. The van der Waals surface area contributed by atoms with Gasteiger partial charge in [0.15, 0.2) is 11.6 Å². The summed E-state index contributed by atoms with van der Waals surface area (Å²) in [6.45, 7) is 0. The Kier molecular flexibility index (Phi) is 3.80. The number of rotatable bonds is 2. The van der Waals surface area contributed by atoms with Crippen LogP contribution >= 0.6 is 12.6 Å². The fraction of sp³-hybridized carbons (Fsp3) is 0.333. The van der Waals surface area contributed by atoms with E-state index in [1.807, 2.05) is 0 Å². The molecule has 1 atom stereocenters. The van der Waals surface area contributed by atoms with Gasteiger partial charge < -0.3 is 5.73 Å². The Bertz CT molecular complexity index is 390. The monoisotopic (exact) mass is 257 g/mol. The second-order valence-electron chi connectivity index (χ2n) is 3.15. The van der Waals surface area contributed by atoms with Gasteiger partial charge in [0.2, 0.25) is 0 Å². The Balaban J connectivity index is 3.33. The second-order valence-corrected chi connectivity index (χ2v) is 3.51. The van der Waals surface area contributed by atoms with Crippen molar-refractivity contribution in [3.05, 3.63) is 34.9 Å². The molecule has 0 amide bonds. The highest BCUT2D eigenvalue weighted by atomic mass is 32.1. The number of halogens is 5. The summed E-state index contributed by atoms with van der Waals surface area (Å²) >= 11 is 3.72. The normalized spacial score (nSPS) is 13.9. The van der Waals surface area contributed by atoms with Crippen molar-refractivity contribution >= 4 is 12.6 Å². The van der Waals surface area contributed by atoms with E-state index in [4.69, 9.17) is 5.73 Å². The van der Waals surface area contributed by atoms with Crippen LogP contribution in [0.3, 0.4) is 0 Å². The molecule has 0 fully saturated rings. The molecule has 0 bridgehead atoms. The smallest absolute Gasteiger partial charge is 0.323 e. The fourth-order valence-corrected chi connectivity index (χ4v) is 1.34. The highest BCUT2D eigenvalue weighted by Gasteiger charge is 2.33. The zero-order valence-corrected chi connectivity index (χ0v) is 8.75. The molecule has 0 saturated carbocycles. The van der Waals surface area contributed by atoms with E-state index in [-0.39, 0.29) is 11.8 Å². The van der Waals surface area contributed by atoms with Crippen molar-refractivity contribution in [2.45, 2.75) is 12.2 Å². The Morgan fingerprint density at radius 3 is 2.25 bits per heavy atom. The van der Waals surface area contributed by atoms with Gasteiger partial charge >= 0.3 is 6.18 Å². The van der Waals surface area contributed by atoms with E-state index in [0.717, 1.165) is 0 Å². The third-order valence-electron chi connectivity index (χ3n) is 1.98. The second kappa shape index (κ2) is 4.58. The number of benzene rings is 1. The van der Waals surface area contributed by atoms with Crippen molar-refractivity contribution in [2.75, 3.05) is 5.75 Å². The largest absolute Gasteiger partial charge is 0.416 e. The predicted octanol–water partition coefficient (Wildman–Crippen LogP) is 2.91. The summed E-state index contributed by atoms with van der Waals surface area (Å²) in [6.07, 6.45) is -4.74. The molecular formula is C9H8F5NS. The van der Waals surface area contributed by atoms with Gasteiger partial charge in [-0.25, -0.2) is 8.78 Å². The summed E-state index contributed by atoms with van der Waals surface area (Å²) < 4.78 is 63.0. The molecule has 1 rings (SSSR count). The highest BCUT2D eigenvalue weighted by molar-refractivity contribution is 7.80. The minimum Gasteiger partial charge on any atom is -0.323 e. The zero-order valence-electron chi connectivity index (χ0n) is 7.85. The highest BCUT2D eigenvalue weighted by Crippen LogP contribution is 2.32. The van der Waals surface area contributed by atoms with E-state index in [0.29, 0.717) is 6.07 Å². The van der Waals surface area contributed by atoms with Crippen LogP contribution in [0.4, 0.5) is 22.0 Å². The molecule has 0 aliphatic carbocycles. The van der Waals surface area contributed by atoms with Gasteiger partial charge in [-0.1, -0.05) is 0 Å². The van der Waals surface area contributed by atoms with Gasteiger partial charge in [-0.15, -0.1) is 0 Å². The van der Waals surface area contributed by atoms with E-state index < -0.39 is 35.0 Å². The molecule has 2 N–H and O–H groups in total. The minimum absolute atomic E-state index is 0.0856. The minimum atomic E-state index is -4.74. The van der Waals surface area contributed by atoms with Crippen molar-refractivity contribution in [1.29, 1.82) is 0 Å². The van der Waals surface area contributed by atoms with Gasteiger partial charge in [-0.2, -0.15) is 25.8 Å². The maximum absolute atomic E-state index is 13.2. The number of hydrogen-bond donors (Lipinski definition) is 2. The molecule has 16 heavy (non-hydrogen) atoms. The van der Waals surface area contributed by atoms with E-state index in [9.17, 15) is 22.0 Å². The van der Waals surface area contributed by atoms with Crippen LogP contribution in [0.15, 0.2) is 12.1 Å². The molecule has 1 aromatic rings. The Morgan fingerprint density at radius 1 is 1.25 bits per heavy atom. The molecule has 0 aromatic heterocycles. The van der Waals surface area contributed by atoms with Crippen LogP contribution in [0.5, 0.6) is 0 Å². The predicted molar refractivity (Wildman–Crippen MR) is 52.1 cm³/mol. The maximum Gasteiger partial charge on any atom is 0.416 e. The van der Waals surface area contributed by atoms with Gasteiger partial charge in [0.25, 0.3) is 0 Å². The molecule has 1 nitrogen and oxygen atoms in total. The summed E-state index contributed by atoms with van der Waals surface area (Å²) in [4.78, 5) is 0. The van der Waals surface area contributed by atoms with Crippen LogP contribution in [-0.2, 0) is 6.18 Å². The first-order valence-corrected chi connectivity index (χ1v) is 4.83. The summed E-state index contributed by atoms with van der Waals surface area (Å²) in [5.74, 6) is -3.02. The molecule has 0 radical (unpaired) electrons. The zero-order chi connectivity index (χ0) is 12.5. The van der Waals surface area contributed by atoms with Crippen LogP contribution in [0.1, 0.15) is 17.2 Å². The topological polar surface area (TPSA) is 26.0 Å². The van der Waals surface area contributed by atoms with E-state index in [1.54, 1.807) is 0 Å². The van der Waals surface area contributed by atoms with Gasteiger partial charge in [0, 0.05) is 17.4 Å². The number of alkyl halides is 3. The van der Waals surface area contributed by atoms with Crippen molar-refractivity contribution < 1.29 is 22.0 Å². The molecule has 7 heteroatoms.